The molecule has 1 radical (unpaired) electrons. The van der Waals surface area contributed by atoms with Crippen LogP contribution >= 0.6 is 0 Å². The van der Waals surface area contributed by atoms with Gasteiger partial charge in [0.2, 0.25) is 35.3 Å². The molecule has 189 valence electrons. The van der Waals surface area contributed by atoms with Crippen LogP contribution in [0, 0.1) is 20.0 Å². The Hall–Kier alpha value is -2.56. The zero-order chi connectivity index (χ0) is 21.8. The van der Waals surface area contributed by atoms with Crippen molar-refractivity contribution in [2.45, 2.75) is 0 Å². The fourth-order valence-electron chi connectivity index (χ4n) is 4.82. The molecule has 0 bridgehead atoms. The molecule has 13 heteroatoms. The van der Waals surface area contributed by atoms with E-state index in [1.54, 1.807) is 0 Å². The van der Waals surface area contributed by atoms with Crippen LogP contribution in [0.3, 0.4) is 0 Å². The second-order valence-corrected chi connectivity index (χ2v) is 8.43. The van der Waals surface area contributed by atoms with E-state index in [-0.39, 0.29) is 19.5 Å². The zero-order valence-corrected chi connectivity index (χ0v) is 20.3. The van der Waals surface area contributed by atoms with E-state index in [1.807, 2.05) is 0 Å². The summed E-state index contributed by atoms with van der Waals surface area (Å²) in [7, 11) is 0. The van der Waals surface area contributed by atoms with Crippen LogP contribution in [0.4, 0.5) is 0 Å². The van der Waals surface area contributed by atoms with E-state index in [4.69, 9.17) is 28.4 Å². The Morgan fingerprint density at radius 1 is 0.353 bits per heavy atom. The first-order valence-electron chi connectivity index (χ1n) is 11.5. The fourth-order valence-corrected chi connectivity index (χ4v) is 4.82. The van der Waals surface area contributed by atoms with Crippen LogP contribution in [0.5, 0.6) is 0 Å². The van der Waals surface area contributed by atoms with Crippen molar-refractivity contribution >= 4 is 0 Å². The van der Waals surface area contributed by atoms with Gasteiger partial charge in [0.05, 0.1) is 0 Å². The maximum Gasteiger partial charge on any atom is 0.220 e. The monoisotopic (exact) mass is 562 g/mol. The first-order valence-corrected chi connectivity index (χ1v) is 11.5. The van der Waals surface area contributed by atoms with Crippen LogP contribution in [-0.2, 0) is 47.9 Å². The molecule has 12 nitrogen and oxygen atoms in total. The quantitative estimate of drug-likeness (QED) is 0.288. The summed E-state index contributed by atoms with van der Waals surface area (Å²) in [6, 6.07) is 0. The first-order chi connectivity index (χ1) is 16.3. The molecule has 0 aliphatic carbocycles. The predicted molar refractivity (Wildman–Crippen MR) is 110 cm³/mol. The number of hydrogen-bond donors (Lipinski definition) is 0. The van der Waals surface area contributed by atoms with Gasteiger partial charge >= 0.3 is 0 Å². The zero-order valence-electron chi connectivity index (χ0n) is 18.7. The Morgan fingerprint density at radius 2 is 0.529 bits per heavy atom. The van der Waals surface area contributed by atoms with Gasteiger partial charge in [0.25, 0.3) is 0 Å². The number of nitrogens with zero attached hydrogens (tertiary/aromatic N) is 6. The Morgan fingerprint density at radius 3 is 0.706 bits per heavy atom. The number of hydrogen-bond acceptors (Lipinski definition) is 12. The summed E-state index contributed by atoms with van der Waals surface area (Å²) < 4.78 is 32.4. The van der Waals surface area contributed by atoms with Crippen molar-refractivity contribution in [1.82, 2.24) is 29.4 Å². The van der Waals surface area contributed by atoms with Gasteiger partial charge in [-0.1, -0.05) is 0 Å². The Labute approximate surface area is 211 Å². The van der Waals surface area contributed by atoms with Gasteiger partial charge in [0.1, 0.15) is 39.6 Å². The Kier molecular flexibility index (Phi) is 5.75. The molecule has 0 N–H and O–H groups in total. The minimum Gasteiger partial charge on any atom is -0.475 e. The second-order valence-electron chi connectivity index (χ2n) is 8.43. The molecule has 0 amide bonds. The molecule has 9 rings (SSSR count). The third kappa shape index (κ3) is 3.59. The average molecular weight is 562 g/mol. The van der Waals surface area contributed by atoms with Gasteiger partial charge in [-0.05, 0) is 0 Å². The van der Waals surface area contributed by atoms with Crippen molar-refractivity contribution in [3.05, 3.63) is 55.3 Å². The van der Waals surface area contributed by atoms with Crippen molar-refractivity contribution in [2.75, 3.05) is 78.9 Å². The van der Waals surface area contributed by atoms with Gasteiger partial charge in [0, 0.05) is 58.7 Å². The summed E-state index contributed by atoms with van der Waals surface area (Å²) >= 11 is 0. The summed E-state index contributed by atoms with van der Waals surface area (Å²) in [4.78, 5) is 12.6. The van der Waals surface area contributed by atoms with Gasteiger partial charge in [0.15, 0.2) is 0 Å². The SMILES string of the molecule is [CH-]1N2CCOC2=C2OCCN12.[CH-]1N2CCOC2=C2OCCN12.[CH-]1N2CCOC2=C2OCCN12.[Rh]. The van der Waals surface area contributed by atoms with E-state index in [0.717, 1.165) is 114 Å². The molecule has 0 atom stereocenters. The summed E-state index contributed by atoms with van der Waals surface area (Å²) in [5, 5.41) is 0. The summed E-state index contributed by atoms with van der Waals surface area (Å²) in [5.41, 5.74) is 0. The molecule has 0 aromatic rings. The van der Waals surface area contributed by atoms with E-state index in [2.05, 4.69) is 49.4 Å². The molecule has 9 aliphatic heterocycles. The summed E-state index contributed by atoms with van der Waals surface area (Å²) in [6.45, 7) is 16.6. The normalized spacial score (nSPS) is 26.1. The minimum atomic E-state index is 0. The van der Waals surface area contributed by atoms with Gasteiger partial charge in [-0.15, -0.1) is 20.0 Å². The largest absolute Gasteiger partial charge is 0.475 e. The van der Waals surface area contributed by atoms with Crippen LogP contribution in [0.2, 0.25) is 0 Å². The van der Waals surface area contributed by atoms with Gasteiger partial charge in [-0.3, -0.25) is 0 Å². The third-order valence-electron chi connectivity index (χ3n) is 6.38. The average Bonchev–Trinajstić information content (AvgIpc) is 3.61. The molecular formula is C21H27N6O6Rh-3. The molecule has 6 fully saturated rings. The standard InChI is InChI=1S/3C7H9N2O2.Rh/c3*1-3-10-6-7-9(2-4-11-7)5-8(1)6;/h3*5H,1-4H2;/q3*-1;. The molecular weight excluding hydrogens is 535 g/mol. The van der Waals surface area contributed by atoms with Gasteiger partial charge in [-0.2, -0.15) is 0 Å². The molecule has 9 heterocycles. The summed E-state index contributed by atoms with van der Waals surface area (Å²) in [5.74, 6) is 5.43. The van der Waals surface area contributed by atoms with Crippen molar-refractivity contribution in [1.29, 1.82) is 0 Å². The molecule has 0 unspecified atom stereocenters. The summed E-state index contributed by atoms with van der Waals surface area (Å²) in [6.07, 6.45) is 0. The number of rotatable bonds is 0. The smallest absolute Gasteiger partial charge is 0.220 e. The van der Waals surface area contributed by atoms with E-state index in [9.17, 15) is 0 Å². The maximum absolute atomic E-state index is 5.40. The Bertz CT molecular complexity index is 734. The van der Waals surface area contributed by atoms with Crippen molar-refractivity contribution in [3.63, 3.8) is 0 Å². The first kappa shape index (κ1) is 21.9. The molecule has 6 saturated heterocycles. The topological polar surface area (TPSA) is 74.8 Å². The molecule has 0 aromatic carbocycles. The van der Waals surface area contributed by atoms with E-state index in [0.29, 0.717) is 0 Å². The van der Waals surface area contributed by atoms with E-state index < -0.39 is 0 Å². The number of ether oxygens (including phenoxy) is 6. The molecule has 34 heavy (non-hydrogen) atoms. The fraction of sp³-hybridized carbons (Fsp3) is 0.571. The van der Waals surface area contributed by atoms with Crippen LogP contribution in [-0.4, -0.2) is 108 Å². The van der Waals surface area contributed by atoms with Gasteiger partial charge in [-0.25, -0.2) is 0 Å². The Balaban J connectivity index is 0.0000000945. The van der Waals surface area contributed by atoms with Gasteiger partial charge < -0.3 is 57.8 Å². The molecule has 0 spiro atoms. The minimum absolute atomic E-state index is 0. The van der Waals surface area contributed by atoms with Crippen LogP contribution < -0.4 is 0 Å². The van der Waals surface area contributed by atoms with Crippen LogP contribution in [0.15, 0.2) is 35.3 Å². The van der Waals surface area contributed by atoms with Crippen molar-refractivity contribution in [3.8, 4) is 0 Å². The predicted octanol–water partition coefficient (Wildman–Crippen LogP) is -0.272. The van der Waals surface area contributed by atoms with Crippen molar-refractivity contribution in [2.24, 2.45) is 0 Å². The van der Waals surface area contributed by atoms with Crippen LogP contribution in [0.25, 0.3) is 0 Å². The van der Waals surface area contributed by atoms with Crippen molar-refractivity contribution < 1.29 is 47.9 Å². The number of fused-ring (bicyclic) bond motifs is 6. The van der Waals surface area contributed by atoms with E-state index in [1.165, 1.54) is 0 Å². The van der Waals surface area contributed by atoms with Crippen LogP contribution in [0.1, 0.15) is 0 Å². The molecule has 0 aromatic heterocycles. The molecule has 0 saturated carbocycles. The second kappa shape index (κ2) is 8.90. The van der Waals surface area contributed by atoms with E-state index >= 15 is 0 Å². The maximum atomic E-state index is 5.40. The third-order valence-corrected chi connectivity index (χ3v) is 6.38. The molecule has 9 aliphatic rings.